The summed E-state index contributed by atoms with van der Waals surface area (Å²) in [6.45, 7) is 3.61. The standard InChI is InChI=1S/C11H13N3/c1-2-3-10(13)9-6-8(7-12)4-5-11(9)14/h2,4-6,10H,1,3,13-14H2. The largest absolute Gasteiger partial charge is 0.398 e. The molecule has 0 saturated heterocycles. The van der Waals surface area contributed by atoms with Crippen molar-refractivity contribution in [2.24, 2.45) is 5.73 Å². The fourth-order valence-corrected chi connectivity index (χ4v) is 1.27. The lowest BCUT2D eigenvalue weighted by Gasteiger charge is -2.12. The van der Waals surface area contributed by atoms with Crippen LogP contribution in [0.2, 0.25) is 0 Å². The van der Waals surface area contributed by atoms with Gasteiger partial charge in [-0.2, -0.15) is 5.26 Å². The van der Waals surface area contributed by atoms with E-state index in [4.69, 9.17) is 16.7 Å². The number of rotatable bonds is 3. The first kappa shape index (κ1) is 10.3. The van der Waals surface area contributed by atoms with Crippen LogP contribution in [-0.2, 0) is 0 Å². The van der Waals surface area contributed by atoms with Gasteiger partial charge in [-0.3, -0.25) is 0 Å². The monoisotopic (exact) mass is 187 g/mol. The van der Waals surface area contributed by atoms with Crippen molar-refractivity contribution in [3.8, 4) is 6.07 Å². The lowest BCUT2D eigenvalue weighted by molar-refractivity contribution is 0.744. The third-order valence-electron chi connectivity index (χ3n) is 2.04. The van der Waals surface area contributed by atoms with Gasteiger partial charge in [-0.05, 0) is 30.2 Å². The summed E-state index contributed by atoms with van der Waals surface area (Å²) in [7, 11) is 0. The number of nitrogens with zero attached hydrogens (tertiary/aromatic N) is 1. The van der Waals surface area contributed by atoms with E-state index in [-0.39, 0.29) is 6.04 Å². The van der Waals surface area contributed by atoms with Gasteiger partial charge >= 0.3 is 0 Å². The van der Waals surface area contributed by atoms with Gasteiger partial charge < -0.3 is 11.5 Å². The van der Waals surface area contributed by atoms with E-state index in [0.29, 0.717) is 17.7 Å². The van der Waals surface area contributed by atoms with Gasteiger partial charge in [0.1, 0.15) is 0 Å². The average molecular weight is 187 g/mol. The van der Waals surface area contributed by atoms with Crippen LogP contribution >= 0.6 is 0 Å². The van der Waals surface area contributed by atoms with Crippen LogP contribution in [0.4, 0.5) is 5.69 Å². The lowest BCUT2D eigenvalue weighted by atomic mass is 10.0. The maximum absolute atomic E-state index is 8.71. The highest BCUT2D eigenvalue weighted by Gasteiger charge is 2.08. The normalized spacial score (nSPS) is 11.7. The van der Waals surface area contributed by atoms with E-state index in [9.17, 15) is 0 Å². The summed E-state index contributed by atoms with van der Waals surface area (Å²) < 4.78 is 0. The molecule has 1 aromatic carbocycles. The van der Waals surface area contributed by atoms with Gasteiger partial charge in [0.25, 0.3) is 0 Å². The first-order valence-electron chi connectivity index (χ1n) is 4.35. The molecule has 3 nitrogen and oxygen atoms in total. The average Bonchev–Trinajstić information content (AvgIpc) is 2.19. The fourth-order valence-electron chi connectivity index (χ4n) is 1.27. The molecule has 0 bridgehead atoms. The summed E-state index contributed by atoms with van der Waals surface area (Å²) in [5, 5.41) is 8.71. The van der Waals surface area contributed by atoms with Crippen LogP contribution in [0.15, 0.2) is 30.9 Å². The third-order valence-corrected chi connectivity index (χ3v) is 2.04. The van der Waals surface area contributed by atoms with E-state index in [0.717, 1.165) is 5.56 Å². The van der Waals surface area contributed by atoms with Gasteiger partial charge in [0, 0.05) is 11.7 Å². The quantitative estimate of drug-likeness (QED) is 0.558. The molecule has 72 valence electrons. The minimum atomic E-state index is -0.180. The van der Waals surface area contributed by atoms with Crippen LogP contribution in [-0.4, -0.2) is 0 Å². The summed E-state index contributed by atoms with van der Waals surface area (Å²) >= 11 is 0. The molecule has 0 aliphatic heterocycles. The van der Waals surface area contributed by atoms with Crippen molar-refractivity contribution < 1.29 is 0 Å². The van der Waals surface area contributed by atoms with E-state index in [1.165, 1.54) is 0 Å². The Labute approximate surface area is 83.6 Å². The molecule has 0 aliphatic rings. The number of hydrogen-bond acceptors (Lipinski definition) is 3. The molecule has 4 N–H and O–H groups in total. The van der Waals surface area contributed by atoms with E-state index >= 15 is 0 Å². The number of anilines is 1. The van der Waals surface area contributed by atoms with Crippen molar-refractivity contribution in [2.45, 2.75) is 12.5 Å². The van der Waals surface area contributed by atoms with Crippen LogP contribution in [0.25, 0.3) is 0 Å². The number of benzene rings is 1. The van der Waals surface area contributed by atoms with Gasteiger partial charge in [-0.15, -0.1) is 6.58 Å². The molecule has 0 aromatic heterocycles. The molecule has 14 heavy (non-hydrogen) atoms. The van der Waals surface area contributed by atoms with Crippen LogP contribution < -0.4 is 11.5 Å². The zero-order chi connectivity index (χ0) is 10.6. The molecule has 1 rings (SSSR count). The Bertz CT molecular complexity index is 377. The maximum Gasteiger partial charge on any atom is 0.0991 e. The van der Waals surface area contributed by atoms with E-state index in [1.807, 2.05) is 0 Å². The highest BCUT2D eigenvalue weighted by molar-refractivity contribution is 5.52. The van der Waals surface area contributed by atoms with Crippen LogP contribution in [0, 0.1) is 11.3 Å². The molecule has 0 saturated carbocycles. The second-order valence-corrected chi connectivity index (χ2v) is 3.09. The summed E-state index contributed by atoms with van der Waals surface area (Å²) in [6, 6.07) is 6.99. The SMILES string of the molecule is C=CCC(N)c1cc(C#N)ccc1N. The number of nitrogens with two attached hydrogens (primary N) is 2. The van der Waals surface area contributed by atoms with Crippen molar-refractivity contribution in [3.63, 3.8) is 0 Å². The smallest absolute Gasteiger partial charge is 0.0991 e. The van der Waals surface area contributed by atoms with Gasteiger partial charge in [0.15, 0.2) is 0 Å². The van der Waals surface area contributed by atoms with Crippen molar-refractivity contribution in [2.75, 3.05) is 5.73 Å². The Morgan fingerprint density at radius 1 is 1.57 bits per heavy atom. The Morgan fingerprint density at radius 2 is 2.29 bits per heavy atom. The minimum absolute atomic E-state index is 0.180. The molecule has 1 atom stereocenters. The Hall–Kier alpha value is -1.79. The summed E-state index contributed by atoms with van der Waals surface area (Å²) in [4.78, 5) is 0. The van der Waals surface area contributed by atoms with E-state index < -0.39 is 0 Å². The lowest BCUT2D eigenvalue weighted by Crippen LogP contribution is -2.11. The highest BCUT2D eigenvalue weighted by Crippen LogP contribution is 2.22. The number of hydrogen-bond donors (Lipinski definition) is 2. The Balaban J connectivity index is 3.06. The first-order valence-corrected chi connectivity index (χ1v) is 4.35. The predicted molar refractivity (Wildman–Crippen MR) is 57.3 cm³/mol. The highest BCUT2D eigenvalue weighted by atomic mass is 14.7. The minimum Gasteiger partial charge on any atom is -0.398 e. The van der Waals surface area contributed by atoms with E-state index in [1.54, 1.807) is 24.3 Å². The molecular formula is C11H13N3. The Kier molecular flexibility index (Phi) is 3.27. The molecule has 1 aromatic rings. The van der Waals surface area contributed by atoms with Crippen molar-refractivity contribution >= 4 is 5.69 Å². The first-order chi connectivity index (χ1) is 6.69. The zero-order valence-electron chi connectivity index (χ0n) is 7.90. The topological polar surface area (TPSA) is 75.8 Å². The second-order valence-electron chi connectivity index (χ2n) is 3.09. The summed E-state index contributed by atoms with van der Waals surface area (Å²) in [5.74, 6) is 0. The molecule has 0 spiro atoms. The van der Waals surface area contributed by atoms with Gasteiger partial charge in [0.2, 0.25) is 0 Å². The summed E-state index contributed by atoms with van der Waals surface area (Å²) in [5.41, 5.74) is 13.6. The zero-order valence-corrected chi connectivity index (χ0v) is 7.90. The van der Waals surface area contributed by atoms with Crippen molar-refractivity contribution in [3.05, 3.63) is 42.0 Å². The number of nitriles is 1. The molecule has 0 radical (unpaired) electrons. The molecular weight excluding hydrogens is 174 g/mol. The molecule has 1 unspecified atom stereocenters. The van der Waals surface area contributed by atoms with E-state index in [2.05, 4.69) is 12.6 Å². The molecule has 0 heterocycles. The van der Waals surface area contributed by atoms with Crippen molar-refractivity contribution in [1.82, 2.24) is 0 Å². The van der Waals surface area contributed by atoms with Gasteiger partial charge in [0.05, 0.1) is 11.6 Å². The third kappa shape index (κ3) is 2.12. The summed E-state index contributed by atoms with van der Waals surface area (Å²) in [6.07, 6.45) is 2.39. The maximum atomic E-state index is 8.71. The van der Waals surface area contributed by atoms with Crippen LogP contribution in [0.3, 0.4) is 0 Å². The van der Waals surface area contributed by atoms with Crippen molar-refractivity contribution in [1.29, 1.82) is 5.26 Å². The van der Waals surface area contributed by atoms with Crippen LogP contribution in [0.1, 0.15) is 23.6 Å². The predicted octanol–water partition coefficient (Wildman–Crippen LogP) is 1.72. The molecule has 3 heteroatoms. The Morgan fingerprint density at radius 3 is 2.86 bits per heavy atom. The second kappa shape index (κ2) is 4.45. The molecule has 0 aliphatic carbocycles. The molecule has 0 amide bonds. The molecule has 0 fully saturated rings. The van der Waals surface area contributed by atoms with Crippen LogP contribution in [0.5, 0.6) is 0 Å². The number of nitrogen functional groups attached to an aromatic ring is 1. The van der Waals surface area contributed by atoms with Gasteiger partial charge in [-0.1, -0.05) is 6.08 Å². The fraction of sp³-hybridized carbons (Fsp3) is 0.182. The van der Waals surface area contributed by atoms with Gasteiger partial charge in [-0.25, -0.2) is 0 Å².